The normalized spacial score (nSPS) is 15.7. The van der Waals surface area contributed by atoms with Gasteiger partial charge in [0.1, 0.15) is 0 Å². The van der Waals surface area contributed by atoms with Gasteiger partial charge in [-0.2, -0.15) is 0 Å². The van der Waals surface area contributed by atoms with Crippen LogP contribution in [-0.4, -0.2) is 32.6 Å². The summed E-state index contributed by atoms with van der Waals surface area (Å²) in [7, 11) is -3.10. The van der Waals surface area contributed by atoms with Crippen LogP contribution < -0.4 is 4.90 Å². The summed E-state index contributed by atoms with van der Waals surface area (Å²) in [6.45, 7) is 2.47. The summed E-state index contributed by atoms with van der Waals surface area (Å²) in [5.74, 6) is 0.728. The lowest BCUT2D eigenvalue weighted by molar-refractivity contribution is 0.597. The van der Waals surface area contributed by atoms with Gasteiger partial charge in [-0.1, -0.05) is 6.92 Å². The minimum atomic E-state index is -3.10. The summed E-state index contributed by atoms with van der Waals surface area (Å²) >= 11 is 5.81. The molecule has 0 spiro atoms. The molecule has 0 saturated heterocycles. The highest BCUT2D eigenvalue weighted by Gasteiger charge is 2.28. The Morgan fingerprint density at radius 3 is 2.33 bits per heavy atom. The number of nitrogens with zero attached hydrogens (tertiary/aromatic N) is 1. The van der Waals surface area contributed by atoms with Crippen LogP contribution in [-0.2, 0) is 9.84 Å². The summed E-state index contributed by atoms with van der Waals surface area (Å²) in [6.07, 6.45) is 2.40. The molecule has 5 heteroatoms. The minimum Gasteiger partial charge on any atom is -0.367 e. The van der Waals surface area contributed by atoms with Crippen molar-refractivity contribution in [1.82, 2.24) is 0 Å². The van der Waals surface area contributed by atoms with E-state index < -0.39 is 9.84 Å². The van der Waals surface area contributed by atoms with Crippen molar-refractivity contribution < 1.29 is 8.42 Å². The molecular weight excluding hydrogens is 270 g/mol. The number of rotatable bonds is 6. The molecule has 0 atom stereocenters. The second-order valence-electron chi connectivity index (χ2n) is 4.51. The third-order valence-electron chi connectivity index (χ3n) is 3.22. The van der Waals surface area contributed by atoms with Crippen LogP contribution in [0.2, 0.25) is 0 Å². The summed E-state index contributed by atoms with van der Waals surface area (Å²) in [5.41, 5.74) is 1.06. The van der Waals surface area contributed by atoms with Crippen LogP contribution in [0.1, 0.15) is 19.8 Å². The number of sulfone groups is 1. The predicted molar refractivity (Wildman–Crippen MR) is 75.3 cm³/mol. The summed E-state index contributed by atoms with van der Waals surface area (Å²) in [6, 6.07) is 7.73. The molecule has 1 saturated carbocycles. The predicted octanol–water partition coefficient (Wildman–Crippen LogP) is 2.69. The monoisotopic (exact) mass is 287 g/mol. The molecule has 0 heterocycles. The highest BCUT2D eigenvalue weighted by Crippen LogP contribution is 2.32. The first kappa shape index (κ1) is 13.7. The Labute approximate surface area is 114 Å². The molecule has 0 amide bonds. The fourth-order valence-electron chi connectivity index (χ4n) is 2.01. The van der Waals surface area contributed by atoms with Crippen molar-refractivity contribution in [3.63, 3.8) is 0 Å². The van der Waals surface area contributed by atoms with Gasteiger partial charge in [-0.25, -0.2) is 8.42 Å². The fraction of sp³-hybridized carbons (Fsp3) is 0.538. The van der Waals surface area contributed by atoms with Gasteiger partial charge in [-0.15, -0.1) is 11.6 Å². The van der Waals surface area contributed by atoms with Crippen molar-refractivity contribution in [3.8, 4) is 0 Å². The first-order valence-corrected chi connectivity index (χ1v) is 8.42. The van der Waals surface area contributed by atoms with Gasteiger partial charge in [0.2, 0.25) is 0 Å². The smallest absolute Gasteiger partial charge is 0.178 e. The molecule has 18 heavy (non-hydrogen) atoms. The average Bonchev–Trinajstić information content (AvgIpc) is 3.20. The van der Waals surface area contributed by atoms with E-state index >= 15 is 0 Å². The van der Waals surface area contributed by atoms with Gasteiger partial charge in [0.05, 0.1) is 10.6 Å². The summed E-state index contributed by atoms with van der Waals surface area (Å²) in [5, 5.41) is 0. The lowest BCUT2D eigenvalue weighted by Crippen LogP contribution is -2.27. The SMILES string of the molecule is CCS(=O)(=O)c1ccc(N(CCCl)C2CC2)cc1. The van der Waals surface area contributed by atoms with Crippen LogP contribution in [0.5, 0.6) is 0 Å². The van der Waals surface area contributed by atoms with Crippen molar-refractivity contribution >= 4 is 27.1 Å². The molecule has 3 nitrogen and oxygen atoms in total. The van der Waals surface area contributed by atoms with E-state index in [2.05, 4.69) is 4.90 Å². The quantitative estimate of drug-likeness (QED) is 0.755. The lowest BCUT2D eigenvalue weighted by atomic mass is 10.3. The molecule has 0 aromatic heterocycles. The molecule has 0 N–H and O–H groups in total. The van der Waals surface area contributed by atoms with Gasteiger partial charge >= 0.3 is 0 Å². The summed E-state index contributed by atoms with van der Waals surface area (Å²) in [4.78, 5) is 2.66. The molecule has 0 radical (unpaired) electrons. The largest absolute Gasteiger partial charge is 0.367 e. The first-order valence-electron chi connectivity index (χ1n) is 6.24. The molecule has 100 valence electrons. The van der Waals surface area contributed by atoms with Gasteiger partial charge in [0.15, 0.2) is 9.84 Å². The Hall–Kier alpha value is -0.740. The molecular formula is C13H18ClNO2S. The average molecular weight is 288 g/mol. The van der Waals surface area contributed by atoms with Gasteiger partial charge in [-0.3, -0.25) is 0 Å². The van der Waals surface area contributed by atoms with E-state index in [0.717, 1.165) is 12.2 Å². The van der Waals surface area contributed by atoms with Crippen LogP contribution >= 0.6 is 11.6 Å². The number of hydrogen-bond donors (Lipinski definition) is 0. The first-order chi connectivity index (χ1) is 8.58. The molecule has 1 fully saturated rings. The fourth-order valence-corrected chi connectivity index (χ4v) is 3.08. The molecule has 2 rings (SSSR count). The maximum atomic E-state index is 11.7. The van der Waals surface area contributed by atoms with Crippen LogP contribution in [0.25, 0.3) is 0 Å². The van der Waals surface area contributed by atoms with Crippen LogP contribution in [0, 0.1) is 0 Å². The van der Waals surface area contributed by atoms with E-state index in [1.165, 1.54) is 12.8 Å². The van der Waals surface area contributed by atoms with E-state index in [0.29, 0.717) is 16.8 Å². The number of anilines is 1. The topological polar surface area (TPSA) is 37.4 Å². The van der Waals surface area contributed by atoms with E-state index in [1.54, 1.807) is 19.1 Å². The Morgan fingerprint density at radius 2 is 1.89 bits per heavy atom. The Morgan fingerprint density at radius 1 is 1.28 bits per heavy atom. The minimum absolute atomic E-state index is 0.139. The second kappa shape index (κ2) is 5.49. The number of alkyl halides is 1. The Balaban J connectivity index is 2.20. The molecule has 1 aromatic rings. The van der Waals surface area contributed by atoms with E-state index in [-0.39, 0.29) is 5.75 Å². The van der Waals surface area contributed by atoms with Crippen LogP contribution in [0.15, 0.2) is 29.2 Å². The molecule has 0 bridgehead atoms. The van der Waals surface area contributed by atoms with Crippen LogP contribution in [0.3, 0.4) is 0 Å². The van der Waals surface area contributed by atoms with Gasteiger partial charge in [-0.05, 0) is 37.1 Å². The number of benzene rings is 1. The molecule has 0 aliphatic heterocycles. The molecule has 1 aliphatic carbocycles. The maximum Gasteiger partial charge on any atom is 0.178 e. The van der Waals surface area contributed by atoms with Crippen molar-refractivity contribution in [2.24, 2.45) is 0 Å². The Bertz CT molecular complexity index is 494. The molecule has 0 unspecified atom stereocenters. The van der Waals surface area contributed by atoms with Gasteiger partial charge in [0.25, 0.3) is 0 Å². The number of halogens is 1. The Kier molecular flexibility index (Phi) is 4.17. The zero-order valence-electron chi connectivity index (χ0n) is 10.5. The zero-order valence-corrected chi connectivity index (χ0v) is 12.0. The van der Waals surface area contributed by atoms with E-state index in [1.807, 2.05) is 12.1 Å². The van der Waals surface area contributed by atoms with Gasteiger partial charge in [0, 0.05) is 24.2 Å². The third-order valence-corrected chi connectivity index (χ3v) is 5.14. The van der Waals surface area contributed by atoms with E-state index in [9.17, 15) is 8.42 Å². The standard InChI is InChI=1S/C13H18ClNO2S/c1-2-18(16,17)13-7-5-12(6-8-13)15(10-9-14)11-3-4-11/h5-8,11H,2-4,9-10H2,1H3. The molecule has 1 aliphatic rings. The van der Waals surface area contributed by atoms with Gasteiger partial charge < -0.3 is 4.90 Å². The van der Waals surface area contributed by atoms with Crippen molar-refractivity contribution in [2.45, 2.75) is 30.7 Å². The van der Waals surface area contributed by atoms with E-state index in [4.69, 9.17) is 11.6 Å². The highest BCUT2D eigenvalue weighted by atomic mass is 35.5. The van der Waals surface area contributed by atoms with Crippen molar-refractivity contribution in [1.29, 1.82) is 0 Å². The third kappa shape index (κ3) is 2.98. The zero-order chi connectivity index (χ0) is 13.2. The summed E-state index contributed by atoms with van der Waals surface area (Å²) < 4.78 is 23.4. The number of hydrogen-bond acceptors (Lipinski definition) is 3. The lowest BCUT2D eigenvalue weighted by Gasteiger charge is -2.23. The van der Waals surface area contributed by atoms with Crippen molar-refractivity contribution in [2.75, 3.05) is 23.1 Å². The van der Waals surface area contributed by atoms with Crippen LogP contribution in [0.4, 0.5) is 5.69 Å². The second-order valence-corrected chi connectivity index (χ2v) is 7.17. The maximum absolute atomic E-state index is 11.7. The van der Waals surface area contributed by atoms with Crippen molar-refractivity contribution in [3.05, 3.63) is 24.3 Å². The highest BCUT2D eigenvalue weighted by molar-refractivity contribution is 7.91. The molecule has 1 aromatic carbocycles.